The number of hydrogen-bond acceptors (Lipinski definition) is 7. The molecular weight excluding hydrogens is 563 g/mol. The van der Waals surface area contributed by atoms with Crippen LogP contribution in [0.25, 0.3) is 0 Å². The Morgan fingerprint density at radius 1 is 0.872 bits per heavy atom. The maximum atomic E-state index is 13.7. The summed E-state index contributed by atoms with van der Waals surface area (Å²) >= 11 is 12.9. The van der Waals surface area contributed by atoms with E-state index in [9.17, 15) is 14.7 Å². The van der Waals surface area contributed by atoms with E-state index in [1.54, 1.807) is 25.1 Å². The van der Waals surface area contributed by atoms with Gasteiger partial charge in [0.15, 0.2) is 12.4 Å². The minimum Gasteiger partial charge on any atom is -0.507 e. The predicted octanol–water partition coefficient (Wildman–Crippen LogP) is 6.27. The summed E-state index contributed by atoms with van der Waals surface area (Å²) in [7, 11) is 0. The fourth-order valence-electron chi connectivity index (χ4n) is 5.16. The third-order valence-electron chi connectivity index (χ3n) is 7.16. The first-order chi connectivity index (χ1) is 18.4. The number of aromatic hydroxyl groups is 1. The molecule has 2 heterocycles. The maximum Gasteiger partial charge on any atom is 0.344 e. The van der Waals surface area contributed by atoms with Gasteiger partial charge in [-0.15, -0.1) is 12.4 Å². The molecule has 0 atom stereocenters. The van der Waals surface area contributed by atoms with E-state index >= 15 is 0 Å². The number of nitrogens with zero attached hydrogens (tertiary/aromatic N) is 2. The topological polar surface area (TPSA) is 79.3 Å². The highest BCUT2D eigenvalue weighted by molar-refractivity contribution is 6.45. The van der Waals surface area contributed by atoms with Crippen LogP contribution in [0.4, 0.5) is 0 Å². The first-order valence-electron chi connectivity index (χ1n) is 13.5. The zero-order chi connectivity index (χ0) is 27.1. The lowest BCUT2D eigenvalue weighted by Gasteiger charge is -2.29. The highest BCUT2D eigenvalue weighted by Crippen LogP contribution is 2.37. The number of ketones is 1. The van der Waals surface area contributed by atoms with E-state index in [0.29, 0.717) is 18.7 Å². The van der Waals surface area contributed by atoms with E-state index in [-0.39, 0.29) is 58.5 Å². The van der Waals surface area contributed by atoms with Gasteiger partial charge in [-0.3, -0.25) is 14.6 Å². The summed E-state index contributed by atoms with van der Waals surface area (Å²) in [4.78, 5) is 30.0. The Balaban J connectivity index is 0.00000420. The molecule has 0 radical (unpaired) electrons. The SMILES string of the molecule is CCOC(=O)COc1ccc(C(=O)c2cc(CN3CCCCC3)c(O)c(CN3CCCCC3)c2)c(Cl)c1Cl.Cl. The van der Waals surface area contributed by atoms with E-state index in [0.717, 1.165) is 63.0 Å². The molecule has 2 fully saturated rings. The van der Waals surface area contributed by atoms with E-state index in [4.69, 9.17) is 32.7 Å². The molecule has 0 spiro atoms. The van der Waals surface area contributed by atoms with Crippen LogP contribution in [-0.4, -0.2) is 66.1 Å². The van der Waals surface area contributed by atoms with Crippen LogP contribution in [0.5, 0.6) is 11.5 Å². The largest absolute Gasteiger partial charge is 0.507 e. The Kier molecular flexibility index (Phi) is 12.2. The van der Waals surface area contributed by atoms with E-state index < -0.39 is 5.97 Å². The van der Waals surface area contributed by atoms with Crippen LogP contribution in [0, 0.1) is 0 Å². The predicted molar refractivity (Wildman–Crippen MR) is 156 cm³/mol. The Bertz CT molecular complexity index is 1110. The number of carbonyl (C=O) groups is 2. The Morgan fingerprint density at radius 3 is 1.92 bits per heavy atom. The number of benzene rings is 2. The lowest BCUT2D eigenvalue weighted by Crippen LogP contribution is -2.30. The van der Waals surface area contributed by atoms with Crippen molar-refractivity contribution in [2.75, 3.05) is 39.4 Å². The molecule has 2 aliphatic heterocycles. The van der Waals surface area contributed by atoms with Crippen molar-refractivity contribution in [2.24, 2.45) is 0 Å². The quantitative estimate of drug-likeness (QED) is 0.255. The number of ether oxygens (including phenoxy) is 2. The second-order valence-corrected chi connectivity index (χ2v) is 10.7. The van der Waals surface area contributed by atoms with E-state index in [1.807, 2.05) is 0 Å². The molecule has 10 heteroatoms. The number of esters is 1. The molecule has 2 aromatic rings. The van der Waals surface area contributed by atoms with Gasteiger partial charge in [0.1, 0.15) is 16.5 Å². The number of likely N-dealkylation sites (tertiary alicyclic amines) is 2. The van der Waals surface area contributed by atoms with Crippen molar-refractivity contribution in [2.45, 2.75) is 58.5 Å². The molecule has 0 aromatic heterocycles. The summed E-state index contributed by atoms with van der Waals surface area (Å²) in [6.07, 6.45) is 6.99. The van der Waals surface area contributed by atoms with Crippen molar-refractivity contribution in [1.82, 2.24) is 9.80 Å². The summed E-state index contributed by atoms with van der Waals surface area (Å²) in [5.74, 6) is -0.340. The smallest absolute Gasteiger partial charge is 0.344 e. The average Bonchev–Trinajstić information content (AvgIpc) is 2.92. The zero-order valence-electron chi connectivity index (χ0n) is 22.3. The summed E-state index contributed by atoms with van der Waals surface area (Å²) in [6, 6.07) is 6.64. The Morgan fingerprint density at radius 2 is 1.41 bits per heavy atom. The second kappa shape index (κ2) is 15.1. The van der Waals surface area contributed by atoms with Crippen LogP contribution in [0.15, 0.2) is 24.3 Å². The fourth-order valence-corrected chi connectivity index (χ4v) is 5.62. The molecule has 0 aliphatic carbocycles. The molecule has 1 N–H and O–H groups in total. The van der Waals surface area contributed by atoms with Crippen LogP contribution in [0.3, 0.4) is 0 Å². The minimum absolute atomic E-state index is 0. The number of phenolic OH excluding ortho intramolecular Hbond substituents is 1. The fraction of sp³-hybridized carbons (Fsp3) is 0.517. The van der Waals surface area contributed by atoms with Gasteiger partial charge in [-0.25, -0.2) is 4.79 Å². The number of rotatable bonds is 10. The molecule has 39 heavy (non-hydrogen) atoms. The van der Waals surface area contributed by atoms with Crippen LogP contribution in [0.2, 0.25) is 10.0 Å². The third kappa shape index (κ3) is 8.24. The molecule has 4 rings (SSSR count). The van der Waals surface area contributed by atoms with Crippen molar-refractivity contribution in [1.29, 1.82) is 0 Å². The third-order valence-corrected chi connectivity index (χ3v) is 8.02. The first kappa shape index (κ1) is 31.5. The van der Waals surface area contributed by atoms with Gasteiger partial charge in [0.25, 0.3) is 0 Å². The van der Waals surface area contributed by atoms with Crippen molar-refractivity contribution in [3.8, 4) is 11.5 Å². The molecule has 2 aromatic carbocycles. The van der Waals surface area contributed by atoms with Gasteiger partial charge in [0.05, 0.1) is 11.6 Å². The molecular formula is C29H37Cl3N2O5. The number of halogens is 3. The number of carbonyl (C=O) groups excluding carboxylic acids is 2. The van der Waals surface area contributed by atoms with Gasteiger partial charge in [-0.05, 0) is 83.1 Å². The highest BCUT2D eigenvalue weighted by atomic mass is 35.5. The molecule has 214 valence electrons. The second-order valence-electron chi connectivity index (χ2n) is 9.98. The van der Waals surface area contributed by atoms with Gasteiger partial charge in [-0.1, -0.05) is 36.0 Å². The molecule has 2 aliphatic rings. The Hall–Kier alpha value is -2.03. The van der Waals surface area contributed by atoms with Gasteiger partial charge < -0.3 is 14.6 Å². The monoisotopic (exact) mass is 598 g/mol. The maximum absolute atomic E-state index is 13.7. The lowest BCUT2D eigenvalue weighted by atomic mass is 9.96. The highest BCUT2D eigenvalue weighted by Gasteiger charge is 2.23. The van der Waals surface area contributed by atoms with Crippen molar-refractivity contribution in [3.05, 3.63) is 56.6 Å². The van der Waals surface area contributed by atoms with E-state index in [2.05, 4.69) is 9.80 Å². The molecule has 7 nitrogen and oxygen atoms in total. The molecule has 0 bridgehead atoms. The van der Waals surface area contributed by atoms with Crippen molar-refractivity contribution < 1.29 is 24.2 Å². The number of hydrogen-bond donors (Lipinski definition) is 1. The first-order valence-corrected chi connectivity index (χ1v) is 14.2. The van der Waals surface area contributed by atoms with E-state index in [1.165, 1.54) is 18.9 Å². The van der Waals surface area contributed by atoms with Crippen LogP contribution >= 0.6 is 35.6 Å². The Labute approximate surface area is 246 Å². The lowest BCUT2D eigenvalue weighted by molar-refractivity contribution is -0.145. The zero-order valence-corrected chi connectivity index (χ0v) is 24.7. The van der Waals surface area contributed by atoms with Crippen LogP contribution < -0.4 is 4.74 Å². The standard InChI is InChI=1S/C29H36Cl2N2O5.ClH/c1-2-37-25(34)19-38-24-10-9-23(26(30)27(24)31)29(36)20-15-21(17-32-11-5-3-6-12-32)28(35)22(16-20)18-33-13-7-4-8-14-33;/h9-10,15-16,35H,2-8,11-14,17-19H2,1H3;1H. The average molecular weight is 600 g/mol. The summed E-state index contributed by atoms with van der Waals surface area (Å²) in [6.45, 7) is 6.75. The molecule has 0 saturated carbocycles. The van der Waals surface area contributed by atoms with Crippen molar-refractivity contribution in [3.63, 3.8) is 0 Å². The summed E-state index contributed by atoms with van der Waals surface area (Å²) in [5.41, 5.74) is 2.20. The normalized spacial score (nSPS) is 16.4. The minimum atomic E-state index is -0.522. The van der Waals surface area contributed by atoms with Crippen molar-refractivity contribution >= 4 is 47.4 Å². The molecule has 0 unspecified atom stereocenters. The van der Waals surface area contributed by atoms with Crippen LogP contribution in [0.1, 0.15) is 72.5 Å². The summed E-state index contributed by atoms with van der Waals surface area (Å²) in [5, 5.41) is 11.4. The molecule has 0 amide bonds. The van der Waals surface area contributed by atoms with Gasteiger partial charge in [0.2, 0.25) is 0 Å². The van der Waals surface area contributed by atoms with Gasteiger partial charge in [0, 0.05) is 35.3 Å². The van der Waals surface area contributed by atoms with Crippen LogP contribution in [-0.2, 0) is 22.6 Å². The number of phenols is 1. The summed E-state index contributed by atoms with van der Waals surface area (Å²) < 4.78 is 10.3. The molecule has 2 saturated heterocycles. The van der Waals surface area contributed by atoms with Gasteiger partial charge >= 0.3 is 5.97 Å². The van der Waals surface area contributed by atoms with Gasteiger partial charge in [-0.2, -0.15) is 0 Å². The number of piperidine rings is 2.